The molecule has 0 bridgehead atoms. The van der Waals surface area contributed by atoms with E-state index in [1.54, 1.807) is 13.3 Å². The number of carbonyl (C=O) groups is 1. The molecule has 1 aliphatic heterocycles. The van der Waals surface area contributed by atoms with Crippen LogP contribution in [-0.2, 0) is 11.3 Å². The van der Waals surface area contributed by atoms with Gasteiger partial charge in [-0.25, -0.2) is 0 Å². The van der Waals surface area contributed by atoms with Gasteiger partial charge in [-0.15, -0.1) is 11.3 Å². The largest absolute Gasteiger partial charge is 0.492 e. The minimum atomic E-state index is 0.00648. The van der Waals surface area contributed by atoms with E-state index in [0.29, 0.717) is 36.9 Å². The topological polar surface area (TPSA) is 56.6 Å². The highest BCUT2D eigenvalue weighted by Crippen LogP contribution is 2.29. The number of hydrogen-bond donors (Lipinski definition) is 0. The quantitative estimate of drug-likeness (QED) is 0.847. The van der Waals surface area contributed by atoms with E-state index in [2.05, 4.69) is 5.10 Å². The predicted octanol–water partition coefficient (Wildman–Crippen LogP) is 2.19. The second-order valence-corrected chi connectivity index (χ2v) is 6.03. The van der Waals surface area contributed by atoms with Crippen molar-refractivity contribution in [2.24, 2.45) is 0 Å². The molecule has 3 heterocycles. The third kappa shape index (κ3) is 2.74. The molecule has 7 heteroatoms. The van der Waals surface area contributed by atoms with E-state index in [0.717, 1.165) is 5.69 Å². The molecular weight excluding hydrogens is 302 g/mol. The molecule has 1 unspecified atom stereocenters. The van der Waals surface area contributed by atoms with Crippen molar-refractivity contribution >= 4 is 17.2 Å². The van der Waals surface area contributed by atoms with Gasteiger partial charge < -0.3 is 14.4 Å². The Morgan fingerprint density at radius 3 is 3.14 bits per heavy atom. The van der Waals surface area contributed by atoms with Gasteiger partial charge in [-0.2, -0.15) is 5.10 Å². The lowest BCUT2D eigenvalue weighted by atomic mass is 10.2. The smallest absolute Gasteiger partial charge is 0.268 e. The monoisotopic (exact) mass is 321 g/mol. The molecule has 2 aromatic heterocycles. The number of hydrogen-bond acceptors (Lipinski definition) is 5. The van der Waals surface area contributed by atoms with E-state index in [-0.39, 0.29) is 11.9 Å². The molecular formula is C15H19N3O3S. The van der Waals surface area contributed by atoms with Gasteiger partial charge >= 0.3 is 0 Å². The molecule has 0 aromatic carbocycles. The Balaban J connectivity index is 1.83. The van der Waals surface area contributed by atoms with Crippen LogP contribution in [0.2, 0.25) is 0 Å². The Morgan fingerprint density at radius 2 is 2.36 bits per heavy atom. The standard InChI is InChI=1S/C15H19N3O3S/c1-3-21-13-5-7-22-14(13)15(19)17-8-11-4-6-16-18(11)12(9-17)10-20-2/h4-7,12H,3,8-10H2,1-2H3. The lowest BCUT2D eigenvalue weighted by molar-refractivity contribution is 0.0580. The number of thiophene rings is 1. The Hall–Kier alpha value is -1.86. The molecule has 3 rings (SSSR count). The number of methoxy groups -OCH3 is 1. The molecule has 1 atom stereocenters. The zero-order chi connectivity index (χ0) is 15.5. The fourth-order valence-electron chi connectivity index (χ4n) is 2.72. The van der Waals surface area contributed by atoms with Crippen molar-refractivity contribution in [2.45, 2.75) is 19.5 Å². The van der Waals surface area contributed by atoms with Crippen LogP contribution in [0.15, 0.2) is 23.7 Å². The fraction of sp³-hybridized carbons (Fsp3) is 0.467. The highest BCUT2D eigenvalue weighted by molar-refractivity contribution is 7.12. The number of fused-ring (bicyclic) bond motifs is 1. The van der Waals surface area contributed by atoms with Gasteiger partial charge in [0.1, 0.15) is 10.6 Å². The van der Waals surface area contributed by atoms with Crippen LogP contribution < -0.4 is 4.74 Å². The van der Waals surface area contributed by atoms with Crippen molar-refractivity contribution in [3.05, 3.63) is 34.3 Å². The van der Waals surface area contributed by atoms with Gasteiger partial charge in [0, 0.05) is 19.9 Å². The van der Waals surface area contributed by atoms with Crippen molar-refractivity contribution in [1.29, 1.82) is 0 Å². The maximum absolute atomic E-state index is 12.8. The zero-order valence-electron chi connectivity index (χ0n) is 12.7. The number of nitrogens with zero attached hydrogens (tertiary/aromatic N) is 3. The van der Waals surface area contributed by atoms with Crippen LogP contribution in [0.25, 0.3) is 0 Å². The van der Waals surface area contributed by atoms with E-state index >= 15 is 0 Å². The first-order chi connectivity index (χ1) is 10.7. The van der Waals surface area contributed by atoms with Crippen LogP contribution in [0.4, 0.5) is 0 Å². The van der Waals surface area contributed by atoms with Crippen molar-refractivity contribution < 1.29 is 14.3 Å². The molecule has 0 N–H and O–H groups in total. The predicted molar refractivity (Wildman–Crippen MR) is 83.4 cm³/mol. The van der Waals surface area contributed by atoms with Gasteiger partial charge in [0.05, 0.1) is 31.5 Å². The average Bonchev–Trinajstić information content (AvgIpc) is 3.16. The fourth-order valence-corrected chi connectivity index (χ4v) is 3.52. The molecule has 118 valence electrons. The molecule has 2 aromatic rings. The van der Waals surface area contributed by atoms with Crippen molar-refractivity contribution in [3.8, 4) is 5.75 Å². The van der Waals surface area contributed by atoms with E-state index < -0.39 is 0 Å². The summed E-state index contributed by atoms with van der Waals surface area (Å²) in [7, 11) is 1.66. The summed E-state index contributed by atoms with van der Waals surface area (Å²) in [5.74, 6) is 0.673. The Kier molecular flexibility index (Phi) is 4.44. The van der Waals surface area contributed by atoms with Gasteiger partial charge in [0.2, 0.25) is 0 Å². The normalized spacial score (nSPS) is 17.4. The van der Waals surface area contributed by atoms with Gasteiger partial charge in [-0.1, -0.05) is 0 Å². The summed E-state index contributed by atoms with van der Waals surface area (Å²) in [5, 5.41) is 6.22. The summed E-state index contributed by atoms with van der Waals surface area (Å²) in [5.41, 5.74) is 1.02. The molecule has 6 nitrogen and oxygen atoms in total. The minimum Gasteiger partial charge on any atom is -0.492 e. The first-order valence-corrected chi connectivity index (χ1v) is 8.13. The summed E-state index contributed by atoms with van der Waals surface area (Å²) in [4.78, 5) is 15.3. The molecule has 0 saturated carbocycles. The second kappa shape index (κ2) is 6.50. The van der Waals surface area contributed by atoms with E-state index in [9.17, 15) is 4.79 Å². The molecule has 0 spiro atoms. The summed E-state index contributed by atoms with van der Waals surface area (Å²) in [6.07, 6.45) is 1.77. The molecule has 0 aliphatic carbocycles. The van der Waals surface area contributed by atoms with E-state index in [1.807, 2.05) is 34.0 Å². The van der Waals surface area contributed by atoms with E-state index in [1.165, 1.54) is 11.3 Å². The Morgan fingerprint density at radius 1 is 1.50 bits per heavy atom. The molecule has 0 radical (unpaired) electrons. The number of carbonyl (C=O) groups excluding carboxylic acids is 1. The molecule has 1 amide bonds. The van der Waals surface area contributed by atoms with Crippen molar-refractivity contribution in [2.75, 3.05) is 26.9 Å². The van der Waals surface area contributed by atoms with E-state index in [4.69, 9.17) is 9.47 Å². The number of rotatable bonds is 5. The highest BCUT2D eigenvalue weighted by Gasteiger charge is 2.30. The molecule has 1 aliphatic rings. The maximum atomic E-state index is 12.8. The molecule has 22 heavy (non-hydrogen) atoms. The molecule has 0 saturated heterocycles. The van der Waals surface area contributed by atoms with Crippen LogP contribution in [0.3, 0.4) is 0 Å². The van der Waals surface area contributed by atoms with Crippen LogP contribution >= 0.6 is 11.3 Å². The third-order valence-electron chi connectivity index (χ3n) is 3.65. The first-order valence-electron chi connectivity index (χ1n) is 7.25. The zero-order valence-corrected chi connectivity index (χ0v) is 13.5. The van der Waals surface area contributed by atoms with Gasteiger partial charge in [-0.05, 0) is 24.4 Å². The first kappa shape index (κ1) is 15.1. The number of amides is 1. The number of aromatic nitrogens is 2. The minimum absolute atomic E-state index is 0.00648. The second-order valence-electron chi connectivity index (χ2n) is 5.11. The van der Waals surface area contributed by atoms with Crippen LogP contribution in [-0.4, -0.2) is 47.5 Å². The third-order valence-corrected chi connectivity index (χ3v) is 4.54. The van der Waals surface area contributed by atoms with Crippen molar-refractivity contribution in [1.82, 2.24) is 14.7 Å². The van der Waals surface area contributed by atoms with Crippen LogP contribution in [0.5, 0.6) is 5.75 Å². The summed E-state index contributed by atoms with van der Waals surface area (Å²) >= 11 is 1.42. The van der Waals surface area contributed by atoms with Crippen LogP contribution in [0.1, 0.15) is 28.3 Å². The maximum Gasteiger partial charge on any atom is 0.268 e. The van der Waals surface area contributed by atoms with Gasteiger partial charge in [-0.3, -0.25) is 9.48 Å². The lowest BCUT2D eigenvalue weighted by Gasteiger charge is -2.33. The highest BCUT2D eigenvalue weighted by atomic mass is 32.1. The Bertz CT molecular complexity index is 652. The van der Waals surface area contributed by atoms with Gasteiger partial charge in [0.25, 0.3) is 5.91 Å². The SMILES string of the molecule is CCOc1ccsc1C(=O)N1Cc2ccnn2C(COC)C1. The summed E-state index contributed by atoms with van der Waals surface area (Å²) in [6.45, 7) is 4.14. The lowest BCUT2D eigenvalue weighted by Crippen LogP contribution is -2.42. The summed E-state index contributed by atoms with van der Waals surface area (Å²) < 4.78 is 12.8. The molecule has 0 fully saturated rings. The average molecular weight is 321 g/mol. The summed E-state index contributed by atoms with van der Waals surface area (Å²) in [6, 6.07) is 3.84. The number of ether oxygens (including phenoxy) is 2. The van der Waals surface area contributed by atoms with Gasteiger partial charge in [0.15, 0.2) is 0 Å². The Labute approximate surface area is 133 Å². The van der Waals surface area contributed by atoms with Crippen LogP contribution in [0, 0.1) is 0 Å². The van der Waals surface area contributed by atoms with Crippen molar-refractivity contribution in [3.63, 3.8) is 0 Å².